The first-order valence-corrected chi connectivity index (χ1v) is 6.66. The fraction of sp³-hybridized carbons (Fsp3) is 0.400. The molecule has 0 atom stereocenters. The van der Waals surface area contributed by atoms with Crippen molar-refractivity contribution >= 4 is 16.6 Å². The van der Waals surface area contributed by atoms with Crippen LogP contribution in [0.4, 0.5) is 5.82 Å². The van der Waals surface area contributed by atoms with Gasteiger partial charge in [-0.15, -0.1) is 0 Å². The average Bonchev–Trinajstić information content (AvgIpc) is 2.83. The molecule has 3 rings (SSSR count). The van der Waals surface area contributed by atoms with Crippen molar-refractivity contribution in [1.82, 2.24) is 4.98 Å². The summed E-state index contributed by atoms with van der Waals surface area (Å²) >= 11 is 0. The Balaban J connectivity index is 2.03. The number of rotatable bonds is 4. The normalized spacial score (nSPS) is 13.8. The van der Waals surface area contributed by atoms with Gasteiger partial charge in [-0.25, -0.2) is 4.98 Å². The van der Waals surface area contributed by atoms with Crippen LogP contribution in [0.25, 0.3) is 10.8 Å². The largest absolute Gasteiger partial charge is 0.454 e. The second kappa shape index (κ2) is 4.83. The second-order valence-electron chi connectivity index (χ2n) is 5.57. The van der Waals surface area contributed by atoms with Gasteiger partial charge in [0, 0.05) is 23.7 Å². The number of anilines is 1. The Hall–Kier alpha value is -2.01. The van der Waals surface area contributed by atoms with E-state index in [1.54, 1.807) is 6.20 Å². The lowest BCUT2D eigenvalue weighted by molar-refractivity contribution is 0.174. The number of aromatic nitrogens is 1. The maximum absolute atomic E-state index is 9.12. The van der Waals surface area contributed by atoms with E-state index in [1.807, 2.05) is 32.0 Å². The molecule has 5 heteroatoms. The molecule has 5 nitrogen and oxygen atoms in total. The molecule has 1 aromatic carbocycles. The van der Waals surface area contributed by atoms with Crippen molar-refractivity contribution in [2.45, 2.75) is 25.8 Å². The average molecular weight is 274 g/mol. The van der Waals surface area contributed by atoms with Gasteiger partial charge in [0.15, 0.2) is 11.5 Å². The van der Waals surface area contributed by atoms with E-state index in [4.69, 9.17) is 14.6 Å². The molecule has 1 aromatic heterocycles. The fourth-order valence-electron chi connectivity index (χ4n) is 2.32. The maximum Gasteiger partial charge on any atom is 0.231 e. The molecule has 0 saturated heterocycles. The Morgan fingerprint density at radius 3 is 2.80 bits per heavy atom. The van der Waals surface area contributed by atoms with Gasteiger partial charge in [-0.3, -0.25) is 0 Å². The number of pyridine rings is 1. The van der Waals surface area contributed by atoms with Gasteiger partial charge in [0.25, 0.3) is 0 Å². The lowest BCUT2D eigenvalue weighted by Gasteiger charge is -2.26. The number of hydrogen-bond acceptors (Lipinski definition) is 5. The Morgan fingerprint density at radius 1 is 1.30 bits per heavy atom. The first-order chi connectivity index (χ1) is 9.59. The van der Waals surface area contributed by atoms with Gasteiger partial charge >= 0.3 is 0 Å². The van der Waals surface area contributed by atoms with E-state index in [1.165, 1.54) is 0 Å². The van der Waals surface area contributed by atoms with Crippen molar-refractivity contribution in [3.63, 3.8) is 0 Å². The monoisotopic (exact) mass is 274 g/mol. The van der Waals surface area contributed by atoms with Crippen LogP contribution in [0.3, 0.4) is 0 Å². The Bertz CT molecular complexity index is 640. The first-order valence-electron chi connectivity index (χ1n) is 6.66. The summed E-state index contributed by atoms with van der Waals surface area (Å²) in [7, 11) is 0. The lowest BCUT2D eigenvalue weighted by atomic mass is 10.0. The number of nitrogens with zero attached hydrogens (tertiary/aromatic N) is 1. The minimum atomic E-state index is -0.230. The minimum absolute atomic E-state index is 0.136. The Kier molecular flexibility index (Phi) is 3.14. The molecule has 0 radical (unpaired) electrons. The molecule has 2 aromatic rings. The van der Waals surface area contributed by atoms with Crippen LogP contribution in [0.1, 0.15) is 20.3 Å². The third-order valence-corrected chi connectivity index (χ3v) is 3.45. The molecule has 0 saturated carbocycles. The van der Waals surface area contributed by atoms with Crippen molar-refractivity contribution in [3.8, 4) is 11.5 Å². The van der Waals surface area contributed by atoms with E-state index in [2.05, 4.69) is 10.3 Å². The van der Waals surface area contributed by atoms with E-state index < -0.39 is 0 Å². The van der Waals surface area contributed by atoms with E-state index in [0.717, 1.165) is 28.1 Å². The molecule has 1 aliphatic rings. The zero-order valence-electron chi connectivity index (χ0n) is 11.6. The van der Waals surface area contributed by atoms with Crippen LogP contribution in [0.5, 0.6) is 11.5 Å². The highest BCUT2D eigenvalue weighted by molar-refractivity contribution is 5.94. The summed E-state index contributed by atoms with van der Waals surface area (Å²) in [6, 6.07) is 5.85. The van der Waals surface area contributed by atoms with Crippen molar-refractivity contribution < 1.29 is 14.6 Å². The van der Waals surface area contributed by atoms with Crippen LogP contribution in [0.15, 0.2) is 24.4 Å². The molecular weight excluding hydrogens is 256 g/mol. The number of fused-ring (bicyclic) bond motifs is 2. The predicted molar refractivity (Wildman–Crippen MR) is 77.3 cm³/mol. The van der Waals surface area contributed by atoms with Gasteiger partial charge < -0.3 is 19.9 Å². The zero-order valence-corrected chi connectivity index (χ0v) is 11.6. The molecule has 2 N–H and O–H groups in total. The van der Waals surface area contributed by atoms with Crippen molar-refractivity contribution in [3.05, 3.63) is 24.4 Å². The molecule has 1 aliphatic heterocycles. The lowest BCUT2D eigenvalue weighted by Crippen LogP contribution is -2.32. The van der Waals surface area contributed by atoms with Gasteiger partial charge in [-0.1, -0.05) is 0 Å². The summed E-state index contributed by atoms with van der Waals surface area (Å²) < 4.78 is 10.8. The van der Waals surface area contributed by atoms with Crippen LogP contribution >= 0.6 is 0 Å². The Morgan fingerprint density at radius 2 is 2.05 bits per heavy atom. The maximum atomic E-state index is 9.12. The van der Waals surface area contributed by atoms with Gasteiger partial charge in [0.1, 0.15) is 5.82 Å². The molecule has 106 valence electrons. The third-order valence-electron chi connectivity index (χ3n) is 3.45. The summed E-state index contributed by atoms with van der Waals surface area (Å²) in [4.78, 5) is 4.41. The topological polar surface area (TPSA) is 63.6 Å². The highest BCUT2D eigenvalue weighted by Gasteiger charge is 2.20. The van der Waals surface area contributed by atoms with Crippen molar-refractivity contribution in [2.24, 2.45) is 0 Å². The summed E-state index contributed by atoms with van der Waals surface area (Å²) in [5.74, 6) is 2.30. The molecule has 0 unspecified atom stereocenters. The van der Waals surface area contributed by atoms with Crippen LogP contribution in [0.2, 0.25) is 0 Å². The standard InChI is InChI=1S/C15H18N2O3/c1-15(2,4-6-18)17-14-11-8-13-12(19-9-20-13)7-10(11)3-5-16-14/h3,5,7-8,18H,4,6,9H2,1-2H3,(H,16,17). The van der Waals surface area contributed by atoms with E-state index in [-0.39, 0.29) is 18.9 Å². The van der Waals surface area contributed by atoms with Gasteiger partial charge in [0.05, 0.1) is 0 Å². The molecule has 0 fully saturated rings. The van der Waals surface area contributed by atoms with Crippen LogP contribution < -0.4 is 14.8 Å². The highest BCUT2D eigenvalue weighted by atomic mass is 16.7. The van der Waals surface area contributed by atoms with Gasteiger partial charge in [0.2, 0.25) is 6.79 Å². The molecule has 2 heterocycles. The second-order valence-corrected chi connectivity index (χ2v) is 5.57. The smallest absolute Gasteiger partial charge is 0.231 e. The van der Waals surface area contributed by atoms with Crippen LogP contribution in [0, 0.1) is 0 Å². The van der Waals surface area contributed by atoms with Crippen molar-refractivity contribution in [1.29, 1.82) is 0 Å². The quantitative estimate of drug-likeness (QED) is 0.897. The number of ether oxygens (including phenoxy) is 2. The third kappa shape index (κ3) is 2.36. The molecular formula is C15H18N2O3. The number of benzene rings is 1. The Labute approximate surface area is 117 Å². The molecule has 0 spiro atoms. The minimum Gasteiger partial charge on any atom is -0.454 e. The zero-order chi connectivity index (χ0) is 14.2. The summed E-state index contributed by atoms with van der Waals surface area (Å²) in [6.07, 6.45) is 2.41. The van der Waals surface area contributed by atoms with E-state index >= 15 is 0 Å². The summed E-state index contributed by atoms with van der Waals surface area (Å²) in [5.41, 5.74) is -0.230. The first kappa shape index (κ1) is 13.0. The van der Waals surface area contributed by atoms with Gasteiger partial charge in [-0.2, -0.15) is 0 Å². The number of hydrogen-bond donors (Lipinski definition) is 2. The molecule has 0 bridgehead atoms. The highest BCUT2D eigenvalue weighted by Crippen LogP contribution is 2.38. The summed E-state index contributed by atoms with van der Waals surface area (Å²) in [5, 5.41) is 14.5. The fourth-order valence-corrected chi connectivity index (χ4v) is 2.32. The van der Waals surface area contributed by atoms with Crippen LogP contribution in [-0.2, 0) is 0 Å². The van der Waals surface area contributed by atoms with Crippen molar-refractivity contribution in [2.75, 3.05) is 18.7 Å². The number of aliphatic hydroxyl groups is 1. The van der Waals surface area contributed by atoms with Gasteiger partial charge in [-0.05, 0) is 43.9 Å². The number of aliphatic hydroxyl groups excluding tert-OH is 1. The molecule has 0 aliphatic carbocycles. The van der Waals surface area contributed by atoms with E-state index in [0.29, 0.717) is 6.42 Å². The predicted octanol–water partition coefficient (Wildman–Crippen LogP) is 2.54. The van der Waals surface area contributed by atoms with E-state index in [9.17, 15) is 0 Å². The summed E-state index contributed by atoms with van der Waals surface area (Å²) in [6.45, 7) is 4.47. The molecule has 0 amide bonds. The van der Waals surface area contributed by atoms with Crippen LogP contribution in [-0.4, -0.2) is 29.0 Å². The SMILES string of the molecule is CC(C)(CCO)Nc1nccc2cc3c(cc12)OCO3. The number of nitrogens with one attached hydrogen (secondary N) is 1. The molecule has 20 heavy (non-hydrogen) atoms.